The van der Waals surface area contributed by atoms with Crippen molar-refractivity contribution in [3.05, 3.63) is 24.3 Å². The van der Waals surface area contributed by atoms with E-state index in [1.54, 1.807) is 31.4 Å². The third-order valence-electron chi connectivity index (χ3n) is 2.18. The summed E-state index contributed by atoms with van der Waals surface area (Å²) in [6, 6.07) is 6.57. The maximum Gasteiger partial charge on any atom is 0.329 e. The summed E-state index contributed by atoms with van der Waals surface area (Å²) < 4.78 is 4.99. The van der Waals surface area contributed by atoms with Gasteiger partial charge in [0.2, 0.25) is 5.91 Å². The smallest absolute Gasteiger partial charge is 0.329 e. The van der Waals surface area contributed by atoms with Gasteiger partial charge in [-0.2, -0.15) is 0 Å². The Kier molecular flexibility index (Phi) is 2.29. The molecule has 1 fully saturated rings. The Labute approximate surface area is 86.6 Å². The van der Waals surface area contributed by atoms with E-state index in [1.807, 2.05) is 0 Å². The minimum absolute atomic E-state index is 0.0746. The summed E-state index contributed by atoms with van der Waals surface area (Å²) in [6.07, 6.45) is 0. The minimum Gasteiger partial charge on any atom is -0.497 e. The fourth-order valence-electron chi connectivity index (χ4n) is 1.41. The number of hydrogen-bond donors (Lipinski definition) is 1. The van der Waals surface area contributed by atoms with Crippen LogP contribution in [0.25, 0.3) is 0 Å². The fraction of sp³-hybridized carbons (Fsp3) is 0.200. The number of nitrogens with one attached hydrogen (secondary N) is 1. The number of nitrogens with zero attached hydrogens (tertiary/aromatic N) is 1. The predicted octanol–water partition coefficient (Wildman–Crippen LogP) is 0.751. The molecule has 1 N–H and O–H groups in total. The monoisotopic (exact) mass is 206 g/mol. The van der Waals surface area contributed by atoms with E-state index in [0.717, 1.165) is 0 Å². The summed E-state index contributed by atoms with van der Waals surface area (Å²) in [4.78, 5) is 23.6. The first-order valence-electron chi connectivity index (χ1n) is 4.46. The number of ether oxygens (including phenoxy) is 1. The number of carbonyl (C=O) groups excluding carboxylic acids is 2. The second kappa shape index (κ2) is 3.61. The van der Waals surface area contributed by atoms with Crippen LogP contribution in [0.15, 0.2) is 24.3 Å². The number of imide groups is 1. The largest absolute Gasteiger partial charge is 0.497 e. The molecule has 2 rings (SSSR count). The van der Waals surface area contributed by atoms with Gasteiger partial charge in [0.05, 0.1) is 7.11 Å². The van der Waals surface area contributed by atoms with Crippen LogP contribution in [-0.4, -0.2) is 25.6 Å². The first-order chi connectivity index (χ1) is 7.20. The van der Waals surface area contributed by atoms with Gasteiger partial charge in [-0.25, -0.2) is 4.79 Å². The minimum atomic E-state index is -0.384. The van der Waals surface area contributed by atoms with E-state index in [-0.39, 0.29) is 18.5 Å². The van der Waals surface area contributed by atoms with Crippen molar-refractivity contribution in [2.24, 2.45) is 0 Å². The molecule has 1 aromatic rings. The summed E-state index contributed by atoms with van der Waals surface area (Å²) in [7, 11) is 1.57. The lowest BCUT2D eigenvalue weighted by Gasteiger charge is -2.13. The lowest BCUT2D eigenvalue weighted by Crippen LogP contribution is -2.27. The molecule has 1 aliphatic rings. The molecule has 15 heavy (non-hydrogen) atoms. The first-order valence-corrected chi connectivity index (χ1v) is 4.46. The normalized spacial score (nSPS) is 15.4. The van der Waals surface area contributed by atoms with Crippen molar-refractivity contribution in [3.63, 3.8) is 0 Å². The predicted molar refractivity (Wildman–Crippen MR) is 53.9 cm³/mol. The zero-order valence-corrected chi connectivity index (χ0v) is 8.19. The van der Waals surface area contributed by atoms with Crippen molar-refractivity contribution in [3.8, 4) is 5.75 Å². The van der Waals surface area contributed by atoms with Gasteiger partial charge < -0.3 is 4.74 Å². The van der Waals surface area contributed by atoms with Gasteiger partial charge in [-0.3, -0.25) is 15.0 Å². The van der Waals surface area contributed by atoms with Gasteiger partial charge in [0.15, 0.2) is 0 Å². The van der Waals surface area contributed by atoms with Crippen LogP contribution >= 0.6 is 0 Å². The van der Waals surface area contributed by atoms with Crippen molar-refractivity contribution in [2.45, 2.75) is 0 Å². The Hall–Kier alpha value is -2.04. The summed E-state index contributed by atoms with van der Waals surface area (Å²) in [5, 5.41) is 2.21. The van der Waals surface area contributed by atoms with E-state index < -0.39 is 0 Å². The van der Waals surface area contributed by atoms with Crippen LogP contribution in [0.5, 0.6) is 5.75 Å². The Morgan fingerprint density at radius 3 is 2.40 bits per heavy atom. The van der Waals surface area contributed by atoms with Crippen molar-refractivity contribution in [1.29, 1.82) is 0 Å². The number of carbonyl (C=O) groups is 2. The standard InChI is InChI=1S/C10H10N2O3/c1-15-8-4-2-7(3-5-8)12-6-9(13)11-10(12)14/h2-5H,6H2,1H3,(H,11,13,14). The van der Waals surface area contributed by atoms with Crippen LogP contribution in [0, 0.1) is 0 Å². The molecule has 1 heterocycles. The van der Waals surface area contributed by atoms with Gasteiger partial charge in [0.25, 0.3) is 0 Å². The molecule has 1 saturated heterocycles. The molecule has 1 aliphatic heterocycles. The average molecular weight is 206 g/mol. The van der Waals surface area contributed by atoms with Crippen molar-refractivity contribution in [2.75, 3.05) is 18.6 Å². The lowest BCUT2D eigenvalue weighted by molar-refractivity contribution is -0.117. The molecule has 0 bridgehead atoms. The molecule has 0 aromatic heterocycles. The van der Waals surface area contributed by atoms with Crippen LogP contribution in [-0.2, 0) is 4.79 Å². The van der Waals surface area contributed by atoms with E-state index in [9.17, 15) is 9.59 Å². The van der Waals surface area contributed by atoms with Crippen LogP contribution in [0.2, 0.25) is 0 Å². The number of hydrogen-bond acceptors (Lipinski definition) is 3. The highest BCUT2D eigenvalue weighted by atomic mass is 16.5. The van der Waals surface area contributed by atoms with Crippen LogP contribution in [0.1, 0.15) is 0 Å². The van der Waals surface area contributed by atoms with Gasteiger partial charge in [-0.15, -0.1) is 0 Å². The molecule has 0 spiro atoms. The fourth-order valence-corrected chi connectivity index (χ4v) is 1.41. The van der Waals surface area contributed by atoms with Gasteiger partial charge in [0.1, 0.15) is 12.3 Å². The molecule has 0 unspecified atom stereocenters. The van der Waals surface area contributed by atoms with Crippen molar-refractivity contribution < 1.29 is 14.3 Å². The zero-order valence-electron chi connectivity index (χ0n) is 8.19. The van der Waals surface area contributed by atoms with E-state index in [4.69, 9.17) is 4.74 Å². The Morgan fingerprint density at radius 1 is 1.27 bits per heavy atom. The molecule has 0 atom stereocenters. The SMILES string of the molecule is COc1ccc(N2CC(=O)NC2=O)cc1. The number of rotatable bonds is 2. The Bertz CT molecular complexity index is 400. The first kappa shape index (κ1) is 9.51. The highest BCUT2D eigenvalue weighted by molar-refractivity contribution is 6.12. The molecule has 5 nitrogen and oxygen atoms in total. The van der Waals surface area contributed by atoms with Crippen LogP contribution in [0.3, 0.4) is 0 Å². The molecule has 0 radical (unpaired) electrons. The van der Waals surface area contributed by atoms with Gasteiger partial charge in [-0.1, -0.05) is 0 Å². The second-order valence-corrected chi connectivity index (χ2v) is 3.14. The zero-order chi connectivity index (χ0) is 10.8. The Morgan fingerprint density at radius 2 is 1.93 bits per heavy atom. The van der Waals surface area contributed by atoms with Crippen molar-refractivity contribution in [1.82, 2.24) is 5.32 Å². The summed E-state index contributed by atoms with van der Waals surface area (Å²) in [5.74, 6) is 0.431. The number of benzene rings is 1. The highest BCUT2D eigenvalue weighted by Gasteiger charge is 2.27. The number of methoxy groups -OCH3 is 1. The lowest BCUT2D eigenvalue weighted by atomic mass is 10.3. The number of urea groups is 1. The average Bonchev–Trinajstić information content (AvgIpc) is 2.58. The highest BCUT2D eigenvalue weighted by Crippen LogP contribution is 2.20. The van der Waals surface area contributed by atoms with Crippen molar-refractivity contribution >= 4 is 17.6 Å². The van der Waals surface area contributed by atoms with Gasteiger partial charge in [-0.05, 0) is 24.3 Å². The molecule has 3 amide bonds. The molecule has 5 heteroatoms. The van der Waals surface area contributed by atoms with Crippen LogP contribution in [0.4, 0.5) is 10.5 Å². The summed E-state index contributed by atoms with van der Waals surface area (Å²) in [5.41, 5.74) is 0.680. The third kappa shape index (κ3) is 1.76. The summed E-state index contributed by atoms with van der Waals surface area (Å²) in [6.45, 7) is 0.0746. The van der Waals surface area contributed by atoms with E-state index in [0.29, 0.717) is 11.4 Å². The molecular weight excluding hydrogens is 196 g/mol. The maximum atomic E-state index is 11.3. The number of amides is 3. The molecule has 78 valence electrons. The molecule has 1 aromatic carbocycles. The Balaban J connectivity index is 2.22. The second-order valence-electron chi connectivity index (χ2n) is 3.14. The van der Waals surface area contributed by atoms with E-state index >= 15 is 0 Å². The molecule has 0 aliphatic carbocycles. The third-order valence-corrected chi connectivity index (χ3v) is 2.18. The molecular formula is C10H10N2O3. The number of anilines is 1. The van der Waals surface area contributed by atoms with Gasteiger partial charge >= 0.3 is 6.03 Å². The quantitative estimate of drug-likeness (QED) is 0.726. The van der Waals surface area contributed by atoms with E-state index in [2.05, 4.69) is 5.32 Å². The molecule has 0 saturated carbocycles. The van der Waals surface area contributed by atoms with Gasteiger partial charge in [0, 0.05) is 5.69 Å². The summed E-state index contributed by atoms with van der Waals surface area (Å²) >= 11 is 0. The topological polar surface area (TPSA) is 58.6 Å². The maximum absolute atomic E-state index is 11.3. The van der Waals surface area contributed by atoms with Crippen LogP contribution < -0.4 is 15.0 Å². The van der Waals surface area contributed by atoms with E-state index in [1.165, 1.54) is 4.90 Å².